The van der Waals surface area contributed by atoms with Gasteiger partial charge in [-0.1, -0.05) is 13.8 Å². The van der Waals surface area contributed by atoms with Gasteiger partial charge in [0.15, 0.2) is 21.3 Å². The fourth-order valence-electron chi connectivity index (χ4n) is 3.51. The number of hydrogen-bond donors (Lipinski definition) is 0. The zero-order chi connectivity index (χ0) is 21.6. The second-order valence-electron chi connectivity index (χ2n) is 7.54. The maximum absolute atomic E-state index is 12.5. The molecule has 8 heteroatoms. The zero-order valence-electron chi connectivity index (χ0n) is 17.8. The van der Waals surface area contributed by atoms with Gasteiger partial charge >= 0.3 is 0 Å². The highest BCUT2D eigenvalue weighted by atomic mass is 32.2. The maximum atomic E-state index is 12.5. The van der Waals surface area contributed by atoms with Gasteiger partial charge in [0.1, 0.15) is 0 Å². The molecule has 1 saturated heterocycles. The fourth-order valence-corrected chi connectivity index (χ4v) is 5.64. The predicted octanol–water partition coefficient (Wildman–Crippen LogP) is 2.79. The summed E-state index contributed by atoms with van der Waals surface area (Å²) in [7, 11) is 1.50. The van der Waals surface area contributed by atoms with E-state index in [0.717, 1.165) is 5.56 Å². The number of rotatable bonds is 8. The molecule has 1 aromatic carbocycles. The van der Waals surface area contributed by atoms with E-state index in [4.69, 9.17) is 14.2 Å². The highest BCUT2D eigenvalue weighted by Gasteiger charge is 2.31. The van der Waals surface area contributed by atoms with Crippen LogP contribution in [0.5, 0.6) is 17.2 Å². The standard InChI is InChI=1S/C21H31NO6S/c1-15(2)14-29(24,25)17-8-10-22(11-9-17)20(23)7-6-16-12-18(26-3)21(28-5)19(13-16)27-4/h6-7,12-13,15,17H,8-11,14H2,1-5H3/b7-6+. The molecule has 0 saturated carbocycles. The number of carbonyl (C=O) groups is 1. The molecule has 0 unspecified atom stereocenters. The third-order valence-electron chi connectivity index (χ3n) is 4.93. The van der Waals surface area contributed by atoms with Gasteiger partial charge < -0.3 is 19.1 Å². The van der Waals surface area contributed by atoms with Crippen molar-refractivity contribution in [2.24, 2.45) is 5.92 Å². The van der Waals surface area contributed by atoms with Crippen molar-refractivity contribution < 1.29 is 27.4 Å². The summed E-state index contributed by atoms with van der Waals surface area (Å²) in [6.07, 6.45) is 4.15. The summed E-state index contributed by atoms with van der Waals surface area (Å²) >= 11 is 0. The summed E-state index contributed by atoms with van der Waals surface area (Å²) in [4.78, 5) is 14.2. The van der Waals surface area contributed by atoms with Crippen LogP contribution in [-0.4, -0.2) is 64.6 Å². The lowest BCUT2D eigenvalue weighted by molar-refractivity contribution is -0.126. The highest BCUT2D eigenvalue weighted by molar-refractivity contribution is 7.92. The van der Waals surface area contributed by atoms with Crippen LogP contribution in [-0.2, 0) is 14.6 Å². The summed E-state index contributed by atoms with van der Waals surface area (Å²) in [5, 5.41) is -0.354. The van der Waals surface area contributed by atoms with E-state index in [2.05, 4.69) is 0 Å². The fraction of sp³-hybridized carbons (Fsp3) is 0.571. The molecule has 0 atom stereocenters. The Hall–Kier alpha value is -2.22. The molecular weight excluding hydrogens is 394 g/mol. The molecule has 1 amide bonds. The molecule has 0 aromatic heterocycles. The van der Waals surface area contributed by atoms with E-state index >= 15 is 0 Å². The van der Waals surface area contributed by atoms with Crippen LogP contribution < -0.4 is 14.2 Å². The van der Waals surface area contributed by atoms with Gasteiger partial charge in [-0.2, -0.15) is 0 Å². The summed E-state index contributed by atoms with van der Waals surface area (Å²) < 4.78 is 40.8. The van der Waals surface area contributed by atoms with Crippen LogP contribution in [0.3, 0.4) is 0 Å². The van der Waals surface area contributed by atoms with Crippen molar-refractivity contribution >= 4 is 21.8 Å². The van der Waals surface area contributed by atoms with Gasteiger partial charge in [0.25, 0.3) is 0 Å². The smallest absolute Gasteiger partial charge is 0.246 e. The number of carbonyl (C=O) groups excluding carboxylic acids is 1. The number of amides is 1. The van der Waals surface area contributed by atoms with Crippen LogP contribution >= 0.6 is 0 Å². The number of ether oxygens (including phenoxy) is 3. The lowest BCUT2D eigenvalue weighted by Gasteiger charge is -2.31. The molecule has 0 N–H and O–H groups in total. The molecule has 2 rings (SSSR count). The molecule has 1 aromatic rings. The molecule has 1 heterocycles. The maximum Gasteiger partial charge on any atom is 0.246 e. The summed E-state index contributed by atoms with van der Waals surface area (Å²) in [6.45, 7) is 4.70. The topological polar surface area (TPSA) is 82.1 Å². The predicted molar refractivity (Wildman–Crippen MR) is 113 cm³/mol. The second-order valence-corrected chi connectivity index (χ2v) is 9.87. The van der Waals surface area contributed by atoms with E-state index in [0.29, 0.717) is 43.2 Å². The minimum atomic E-state index is -3.10. The van der Waals surface area contributed by atoms with Crippen molar-refractivity contribution in [1.29, 1.82) is 0 Å². The number of hydrogen-bond acceptors (Lipinski definition) is 6. The van der Waals surface area contributed by atoms with Crippen LogP contribution in [0.1, 0.15) is 32.3 Å². The summed E-state index contributed by atoms with van der Waals surface area (Å²) in [5.74, 6) is 1.68. The third kappa shape index (κ3) is 5.88. The molecule has 1 fully saturated rings. The molecule has 0 radical (unpaired) electrons. The number of methoxy groups -OCH3 is 3. The minimum absolute atomic E-state index is 0.112. The quantitative estimate of drug-likeness (QED) is 0.596. The van der Waals surface area contributed by atoms with Gasteiger partial charge in [0.2, 0.25) is 11.7 Å². The Morgan fingerprint density at radius 3 is 2.10 bits per heavy atom. The highest BCUT2D eigenvalue weighted by Crippen LogP contribution is 2.38. The van der Waals surface area contributed by atoms with Crippen molar-refractivity contribution in [3.8, 4) is 17.2 Å². The van der Waals surface area contributed by atoms with Crippen molar-refractivity contribution in [1.82, 2.24) is 4.90 Å². The monoisotopic (exact) mass is 425 g/mol. The van der Waals surface area contributed by atoms with Crippen molar-refractivity contribution in [3.63, 3.8) is 0 Å². The molecule has 0 aliphatic carbocycles. The van der Waals surface area contributed by atoms with Crippen LogP contribution in [0.4, 0.5) is 0 Å². The molecule has 0 spiro atoms. The molecule has 7 nitrogen and oxygen atoms in total. The first-order valence-corrected chi connectivity index (χ1v) is 11.4. The second kappa shape index (κ2) is 10.0. The molecular formula is C21H31NO6S. The third-order valence-corrected chi connectivity index (χ3v) is 7.55. The largest absolute Gasteiger partial charge is 0.493 e. The first-order chi connectivity index (χ1) is 13.7. The van der Waals surface area contributed by atoms with E-state index in [1.165, 1.54) is 27.4 Å². The average Bonchev–Trinajstić information content (AvgIpc) is 2.70. The summed E-state index contributed by atoms with van der Waals surface area (Å²) in [6, 6.07) is 3.52. The Morgan fingerprint density at radius 1 is 1.10 bits per heavy atom. The van der Waals surface area contributed by atoms with Gasteiger partial charge in [0, 0.05) is 19.2 Å². The Bertz CT molecular complexity index is 814. The van der Waals surface area contributed by atoms with Gasteiger partial charge in [-0.25, -0.2) is 8.42 Å². The van der Waals surface area contributed by atoms with E-state index in [-0.39, 0.29) is 22.8 Å². The van der Waals surface area contributed by atoms with Crippen LogP contribution in [0, 0.1) is 5.92 Å². The lowest BCUT2D eigenvalue weighted by atomic mass is 10.1. The van der Waals surface area contributed by atoms with Crippen LogP contribution in [0.15, 0.2) is 18.2 Å². The van der Waals surface area contributed by atoms with Crippen LogP contribution in [0.25, 0.3) is 6.08 Å². The zero-order valence-corrected chi connectivity index (χ0v) is 18.6. The number of nitrogens with zero attached hydrogens (tertiary/aromatic N) is 1. The molecule has 0 bridgehead atoms. The first-order valence-electron chi connectivity index (χ1n) is 9.70. The Morgan fingerprint density at radius 2 is 1.66 bits per heavy atom. The number of piperidine rings is 1. The van der Waals surface area contributed by atoms with Crippen molar-refractivity contribution in [2.45, 2.75) is 31.9 Å². The van der Waals surface area contributed by atoms with E-state index in [1.54, 1.807) is 23.1 Å². The van der Waals surface area contributed by atoms with Gasteiger partial charge in [-0.3, -0.25) is 4.79 Å². The number of benzene rings is 1. The SMILES string of the molecule is COc1cc(/C=C/C(=O)N2CCC(S(=O)(=O)CC(C)C)CC2)cc(OC)c1OC. The van der Waals surface area contributed by atoms with E-state index < -0.39 is 9.84 Å². The Kier molecular flexibility index (Phi) is 7.96. The van der Waals surface area contributed by atoms with Gasteiger partial charge in [0.05, 0.1) is 32.3 Å². The van der Waals surface area contributed by atoms with Crippen molar-refractivity contribution in [3.05, 3.63) is 23.8 Å². The van der Waals surface area contributed by atoms with E-state index in [1.807, 2.05) is 13.8 Å². The Balaban J connectivity index is 2.04. The molecule has 1 aliphatic rings. The normalized spacial score (nSPS) is 15.7. The van der Waals surface area contributed by atoms with E-state index in [9.17, 15) is 13.2 Å². The Labute approximate surface area is 173 Å². The van der Waals surface area contributed by atoms with Crippen molar-refractivity contribution in [2.75, 3.05) is 40.2 Å². The summed E-state index contributed by atoms with van der Waals surface area (Å²) in [5.41, 5.74) is 0.738. The molecule has 29 heavy (non-hydrogen) atoms. The van der Waals surface area contributed by atoms with Crippen LogP contribution in [0.2, 0.25) is 0 Å². The average molecular weight is 426 g/mol. The minimum Gasteiger partial charge on any atom is -0.493 e. The van der Waals surface area contributed by atoms with Gasteiger partial charge in [-0.05, 0) is 42.5 Å². The van der Waals surface area contributed by atoms with Gasteiger partial charge in [-0.15, -0.1) is 0 Å². The molecule has 162 valence electrons. The lowest BCUT2D eigenvalue weighted by Crippen LogP contribution is -2.42. The number of likely N-dealkylation sites (tertiary alicyclic amines) is 1. The molecule has 1 aliphatic heterocycles. The number of sulfone groups is 1. The first kappa shape index (κ1) is 23.1.